The molecule has 0 heterocycles. The van der Waals surface area contributed by atoms with Gasteiger partial charge in [0.15, 0.2) is 5.78 Å². The first-order chi connectivity index (χ1) is 7.10. The van der Waals surface area contributed by atoms with Crippen LogP contribution >= 0.6 is 0 Å². The van der Waals surface area contributed by atoms with Gasteiger partial charge in [-0.3, -0.25) is 4.79 Å². The molecule has 0 unspecified atom stereocenters. The van der Waals surface area contributed by atoms with Gasteiger partial charge in [-0.2, -0.15) is 0 Å². The second-order valence-corrected chi connectivity index (χ2v) is 3.40. The Morgan fingerprint density at radius 2 is 2.07 bits per heavy atom. The second-order valence-electron chi connectivity index (χ2n) is 3.40. The van der Waals surface area contributed by atoms with Crippen LogP contribution in [0.15, 0.2) is 12.1 Å². The summed E-state index contributed by atoms with van der Waals surface area (Å²) in [7, 11) is 1.82. The average Bonchev–Trinajstić information content (AvgIpc) is 2.17. The number of nitrogens with one attached hydrogen (secondary N) is 1. The van der Waals surface area contributed by atoms with Gasteiger partial charge in [-0.15, -0.1) is 5.92 Å². The third kappa shape index (κ3) is 2.38. The van der Waals surface area contributed by atoms with E-state index in [0.717, 1.165) is 16.8 Å². The van der Waals surface area contributed by atoms with E-state index in [4.69, 9.17) is 0 Å². The summed E-state index contributed by atoms with van der Waals surface area (Å²) < 4.78 is 0. The van der Waals surface area contributed by atoms with Gasteiger partial charge in [-0.05, 0) is 38.5 Å². The molecule has 0 aromatic heterocycles. The van der Waals surface area contributed by atoms with Gasteiger partial charge in [-0.1, -0.05) is 5.92 Å². The smallest absolute Gasteiger partial charge is 0.161 e. The van der Waals surface area contributed by atoms with Gasteiger partial charge in [0.1, 0.15) is 0 Å². The molecule has 0 radical (unpaired) electrons. The maximum atomic E-state index is 11.4. The van der Waals surface area contributed by atoms with Crippen LogP contribution in [0.5, 0.6) is 0 Å². The molecule has 1 aromatic carbocycles. The van der Waals surface area contributed by atoms with E-state index in [2.05, 4.69) is 17.2 Å². The number of Topliss-reactive ketones (excluding diaryl/α,β-unsaturated/α-hetero) is 1. The summed E-state index contributed by atoms with van der Waals surface area (Å²) in [6.45, 7) is 5.33. The van der Waals surface area contributed by atoms with E-state index >= 15 is 0 Å². The summed E-state index contributed by atoms with van der Waals surface area (Å²) in [5.74, 6) is 5.86. The molecule has 1 aromatic rings. The second kappa shape index (κ2) is 4.65. The summed E-state index contributed by atoms with van der Waals surface area (Å²) in [5.41, 5.74) is 3.53. The zero-order valence-electron chi connectivity index (χ0n) is 9.56. The van der Waals surface area contributed by atoms with Crippen molar-refractivity contribution in [3.05, 3.63) is 28.8 Å². The van der Waals surface area contributed by atoms with E-state index in [0.29, 0.717) is 5.56 Å². The summed E-state index contributed by atoms with van der Waals surface area (Å²) in [6.07, 6.45) is 0. The van der Waals surface area contributed by atoms with Crippen LogP contribution in [0.1, 0.15) is 35.3 Å². The number of rotatable bonds is 2. The van der Waals surface area contributed by atoms with Crippen LogP contribution in [-0.4, -0.2) is 12.8 Å². The number of hydrogen-bond acceptors (Lipinski definition) is 2. The van der Waals surface area contributed by atoms with Gasteiger partial charge < -0.3 is 5.32 Å². The number of ketones is 1. The molecule has 0 aliphatic rings. The van der Waals surface area contributed by atoms with Crippen molar-refractivity contribution in [1.29, 1.82) is 0 Å². The molecule has 0 bridgehead atoms. The fourth-order valence-electron chi connectivity index (χ4n) is 1.61. The number of anilines is 1. The lowest BCUT2D eigenvalue weighted by Gasteiger charge is -2.10. The normalized spacial score (nSPS) is 9.07. The standard InChI is InChI=1S/C13H15NO/c1-5-6-11-7-9(2)13(14-4)12(8-11)10(3)15/h7-8,14H,1-4H3. The predicted molar refractivity (Wildman–Crippen MR) is 63.3 cm³/mol. The monoisotopic (exact) mass is 201 g/mol. The minimum absolute atomic E-state index is 0.0576. The molecular formula is C13H15NO. The third-order valence-electron chi connectivity index (χ3n) is 2.23. The predicted octanol–water partition coefficient (Wildman–Crippen LogP) is 2.61. The molecule has 78 valence electrons. The Morgan fingerprint density at radius 1 is 1.40 bits per heavy atom. The highest BCUT2D eigenvalue weighted by atomic mass is 16.1. The van der Waals surface area contributed by atoms with Crippen molar-refractivity contribution in [3.8, 4) is 11.8 Å². The highest BCUT2D eigenvalue weighted by Crippen LogP contribution is 2.22. The van der Waals surface area contributed by atoms with Crippen LogP contribution in [0.2, 0.25) is 0 Å². The van der Waals surface area contributed by atoms with Gasteiger partial charge in [0.2, 0.25) is 0 Å². The molecule has 15 heavy (non-hydrogen) atoms. The first-order valence-electron chi connectivity index (χ1n) is 4.86. The van der Waals surface area contributed by atoms with Crippen LogP contribution in [0.3, 0.4) is 0 Å². The molecule has 0 aliphatic heterocycles. The van der Waals surface area contributed by atoms with Crippen molar-refractivity contribution in [1.82, 2.24) is 0 Å². The Bertz CT molecular complexity index is 450. The van der Waals surface area contributed by atoms with Crippen LogP contribution in [0.25, 0.3) is 0 Å². The molecule has 1 rings (SSSR count). The number of benzene rings is 1. The Hall–Kier alpha value is -1.75. The minimum Gasteiger partial charge on any atom is -0.387 e. The van der Waals surface area contributed by atoms with Crippen molar-refractivity contribution in [2.75, 3.05) is 12.4 Å². The van der Waals surface area contributed by atoms with Crippen LogP contribution in [-0.2, 0) is 0 Å². The summed E-state index contributed by atoms with van der Waals surface area (Å²) in [4.78, 5) is 11.4. The first-order valence-corrected chi connectivity index (χ1v) is 4.86. The van der Waals surface area contributed by atoms with E-state index in [-0.39, 0.29) is 5.78 Å². The molecule has 0 saturated carbocycles. The third-order valence-corrected chi connectivity index (χ3v) is 2.23. The summed E-state index contributed by atoms with van der Waals surface area (Å²) in [5, 5.41) is 3.05. The number of carbonyl (C=O) groups excluding carboxylic acids is 1. The molecule has 1 N–H and O–H groups in total. The van der Waals surface area contributed by atoms with Crippen molar-refractivity contribution in [2.45, 2.75) is 20.8 Å². The molecule has 0 spiro atoms. The highest BCUT2D eigenvalue weighted by Gasteiger charge is 2.09. The van der Waals surface area contributed by atoms with Gasteiger partial charge in [0, 0.05) is 23.9 Å². The Morgan fingerprint density at radius 3 is 2.53 bits per heavy atom. The topological polar surface area (TPSA) is 29.1 Å². The fraction of sp³-hybridized carbons (Fsp3) is 0.308. The number of hydrogen-bond donors (Lipinski definition) is 1. The van der Waals surface area contributed by atoms with Crippen molar-refractivity contribution in [3.63, 3.8) is 0 Å². The van der Waals surface area contributed by atoms with Gasteiger partial charge in [-0.25, -0.2) is 0 Å². The first kappa shape index (κ1) is 11.3. The van der Waals surface area contributed by atoms with E-state index in [1.54, 1.807) is 13.8 Å². The van der Waals surface area contributed by atoms with Gasteiger partial charge in [0.05, 0.1) is 0 Å². The molecule has 0 fully saturated rings. The SMILES string of the molecule is CC#Cc1cc(C)c(NC)c(C(C)=O)c1. The maximum absolute atomic E-state index is 11.4. The van der Waals surface area contributed by atoms with E-state index < -0.39 is 0 Å². The molecule has 0 aliphatic carbocycles. The van der Waals surface area contributed by atoms with E-state index in [9.17, 15) is 4.79 Å². The van der Waals surface area contributed by atoms with E-state index in [1.165, 1.54) is 0 Å². The molecule has 2 nitrogen and oxygen atoms in total. The highest BCUT2D eigenvalue weighted by molar-refractivity contribution is 6.00. The molecular weight excluding hydrogens is 186 g/mol. The van der Waals surface area contributed by atoms with Crippen molar-refractivity contribution < 1.29 is 4.79 Å². The Labute approximate surface area is 90.7 Å². The van der Waals surface area contributed by atoms with Crippen molar-refractivity contribution >= 4 is 11.5 Å². The van der Waals surface area contributed by atoms with Crippen molar-refractivity contribution in [2.24, 2.45) is 0 Å². The molecule has 0 atom stereocenters. The lowest BCUT2D eigenvalue weighted by molar-refractivity contribution is 0.101. The number of carbonyl (C=O) groups is 1. The lowest BCUT2D eigenvalue weighted by atomic mass is 10.0. The summed E-state index contributed by atoms with van der Waals surface area (Å²) >= 11 is 0. The van der Waals surface area contributed by atoms with Gasteiger partial charge >= 0.3 is 0 Å². The number of aryl methyl sites for hydroxylation is 1. The van der Waals surface area contributed by atoms with Crippen LogP contribution < -0.4 is 5.32 Å². The molecule has 0 amide bonds. The largest absolute Gasteiger partial charge is 0.387 e. The Kier molecular flexibility index (Phi) is 3.51. The Balaban J connectivity index is 3.42. The lowest BCUT2D eigenvalue weighted by Crippen LogP contribution is -2.03. The van der Waals surface area contributed by atoms with Gasteiger partial charge in [0.25, 0.3) is 0 Å². The molecule has 2 heteroatoms. The minimum atomic E-state index is 0.0576. The quantitative estimate of drug-likeness (QED) is 0.588. The van der Waals surface area contributed by atoms with Crippen LogP contribution in [0.4, 0.5) is 5.69 Å². The van der Waals surface area contributed by atoms with E-state index in [1.807, 2.05) is 26.1 Å². The maximum Gasteiger partial charge on any atom is 0.161 e. The summed E-state index contributed by atoms with van der Waals surface area (Å²) in [6, 6.07) is 3.81. The zero-order valence-corrected chi connectivity index (χ0v) is 9.56. The molecule has 0 saturated heterocycles. The fourth-order valence-corrected chi connectivity index (χ4v) is 1.61. The zero-order chi connectivity index (χ0) is 11.4. The average molecular weight is 201 g/mol. The van der Waals surface area contributed by atoms with Crippen LogP contribution in [0, 0.1) is 18.8 Å².